The Balaban J connectivity index is 4.27. The number of aliphatic hydroxyl groups excluding tert-OH is 1. The second kappa shape index (κ2) is 9.38. The van der Waals surface area contributed by atoms with Gasteiger partial charge in [-0.05, 0) is 13.8 Å². The molecule has 9 nitrogen and oxygen atoms in total. The lowest BCUT2D eigenvalue weighted by Crippen LogP contribution is -2.52. The maximum atomic E-state index is 11.7. The molecule has 0 saturated heterocycles. The fourth-order valence-corrected chi connectivity index (χ4v) is 1.98. The van der Waals surface area contributed by atoms with E-state index in [0.29, 0.717) is 0 Å². The molecule has 0 aliphatic rings. The number of carbonyl (C=O) groups is 3. The van der Waals surface area contributed by atoms with Gasteiger partial charge in [0.05, 0.1) is 6.04 Å². The van der Waals surface area contributed by atoms with Crippen LogP contribution in [0.15, 0.2) is 0 Å². The van der Waals surface area contributed by atoms with Crippen molar-refractivity contribution in [2.24, 2.45) is 5.73 Å². The van der Waals surface area contributed by atoms with Crippen molar-refractivity contribution in [1.82, 2.24) is 10.6 Å². The van der Waals surface area contributed by atoms with Crippen LogP contribution in [0, 0.1) is 0 Å². The summed E-state index contributed by atoms with van der Waals surface area (Å²) in [5.74, 6) is -2.44. The second-order valence-corrected chi connectivity index (χ2v) is 6.23. The van der Waals surface area contributed by atoms with E-state index in [0.717, 1.165) is 0 Å². The van der Waals surface area contributed by atoms with Crippen molar-refractivity contribution in [1.29, 1.82) is 0 Å². The van der Waals surface area contributed by atoms with Crippen LogP contribution in [0.3, 0.4) is 0 Å². The molecule has 0 saturated carbocycles. The smallest absolute Gasteiger partial charge is 0.366 e. The summed E-state index contributed by atoms with van der Waals surface area (Å²) < 4.78 is 11.0. The molecule has 0 aliphatic heterocycles. The van der Waals surface area contributed by atoms with Gasteiger partial charge < -0.3 is 26.6 Å². The van der Waals surface area contributed by atoms with E-state index in [2.05, 4.69) is 10.6 Å². The van der Waals surface area contributed by atoms with Gasteiger partial charge in [-0.15, -0.1) is 0 Å². The average molecular weight is 322 g/mol. The molecule has 0 aromatic carbocycles. The van der Waals surface area contributed by atoms with Crippen molar-refractivity contribution < 1.29 is 29.2 Å². The Kier molecular flexibility index (Phi) is 8.68. The zero-order valence-corrected chi connectivity index (χ0v) is 12.8. The highest BCUT2D eigenvalue weighted by Crippen LogP contribution is 2.19. The van der Waals surface area contributed by atoms with Gasteiger partial charge in [-0.2, -0.15) is 0 Å². The highest BCUT2D eigenvalue weighted by atomic mass is 31.1. The molecule has 0 aliphatic carbocycles. The average Bonchev–Trinajstić information content (AvgIpc) is 2.43. The summed E-state index contributed by atoms with van der Waals surface area (Å²) >= 11 is 0. The van der Waals surface area contributed by atoms with Gasteiger partial charge in [-0.25, -0.2) is 0 Å². The molecule has 0 heterocycles. The number of aliphatic hydroxyl groups is 1. The molecule has 0 radical (unpaired) electrons. The standard InChI is InChI=1S/C11H20N3O6P/c1-6(9(16)14-7(2)11(18)19)13-10(17)8(12)3-4-21(20)5-15/h6-8,15H,3-5,12H2,1-2H3,(H2-,13,14,16,17,18,19)/p+1/t6-,7-,8-/m1/s1. The Morgan fingerprint density at radius 2 is 1.67 bits per heavy atom. The normalized spacial score (nSPS) is 15.5. The maximum absolute atomic E-state index is 11.7. The molecule has 0 aromatic rings. The molecule has 120 valence electrons. The molecular formula is C11H21N3O6P+. The van der Waals surface area contributed by atoms with Gasteiger partial charge in [0.15, 0.2) is 6.16 Å². The van der Waals surface area contributed by atoms with E-state index in [1.165, 1.54) is 13.8 Å². The van der Waals surface area contributed by atoms with Crippen LogP contribution in [0.2, 0.25) is 0 Å². The van der Waals surface area contributed by atoms with Crippen LogP contribution < -0.4 is 16.4 Å². The number of carboxylic acid groups (broad SMARTS) is 1. The van der Waals surface area contributed by atoms with Crippen molar-refractivity contribution in [2.75, 3.05) is 12.5 Å². The fourth-order valence-electron chi connectivity index (χ4n) is 1.27. The maximum Gasteiger partial charge on any atom is 0.366 e. The van der Waals surface area contributed by atoms with Gasteiger partial charge >= 0.3 is 13.8 Å². The fraction of sp³-hybridized carbons (Fsp3) is 0.727. The lowest BCUT2D eigenvalue weighted by Gasteiger charge is -2.18. The third-order valence-corrected chi connectivity index (χ3v) is 3.74. The SMILES string of the molecule is C[C@@H](NC(=O)[C@@H](C)NC(=O)[C@H](N)CC[P+](=O)CO)C(=O)O. The first-order chi connectivity index (χ1) is 9.68. The monoisotopic (exact) mass is 322 g/mol. The number of rotatable bonds is 9. The summed E-state index contributed by atoms with van der Waals surface area (Å²) in [6, 6.07) is -2.97. The van der Waals surface area contributed by atoms with E-state index in [9.17, 15) is 18.9 Å². The summed E-state index contributed by atoms with van der Waals surface area (Å²) in [4.78, 5) is 33.9. The van der Waals surface area contributed by atoms with Crippen LogP contribution in [-0.4, -0.2) is 58.6 Å². The third kappa shape index (κ3) is 7.69. The minimum atomic E-state index is -1.79. The van der Waals surface area contributed by atoms with Gasteiger partial charge in [-0.3, -0.25) is 14.4 Å². The minimum Gasteiger partial charge on any atom is -0.480 e. The molecule has 0 fully saturated rings. The first-order valence-corrected chi connectivity index (χ1v) is 7.94. The lowest BCUT2D eigenvalue weighted by atomic mass is 10.2. The molecule has 0 bridgehead atoms. The van der Waals surface area contributed by atoms with Crippen LogP contribution >= 0.6 is 7.80 Å². The molecular weight excluding hydrogens is 301 g/mol. The molecule has 2 amide bonds. The van der Waals surface area contributed by atoms with Crippen molar-refractivity contribution in [3.63, 3.8) is 0 Å². The summed E-state index contributed by atoms with van der Waals surface area (Å²) in [5.41, 5.74) is 5.57. The van der Waals surface area contributed by atoms with Crippen LogP contribution in [0.1, 0.15) is 20.3 Å². The molecule has 21 heavy (non-hydrogen) atoms. The Hall–Kier alpha value is -1.57. The quantitative estimate of drug-likeness (QED) is 0.325. The zero-order valence-electron chi connectivity index (χ0n) is 11.9. The van der Waals surface area contributed by atoms with Gasteiger partial charge in [0.25, 0.3) is 0 Å². The van der Waals surface area contributed by atoms with E-state index in [1.54, 1.807) is 0 Å². The van der Waals surface area contributed by atoms with E-state index < -0.39 is 50.1 Å². The highest BCUT2D eigenvalue weighted by molar-refractivity contribution is 7.44. The Bertz CT molecular complexity index is 417. The predicted octanol–water partition coefficient (Wildman–Crippen LogP) is -1.42. The first-order valence-electron chi connectivity index (χ1n) is 6.31. The summed E-state index contributed by atoms with van der Waals surface area (Å²) in [7, 11) is -1.79. The minimum absolute atomic E-state index is 0.108. The van der Waals surface area contributed by atoms with Crippen molar-refractivity contribution >= 4 is 25.6 Å². The van der Waals surface area contributed by atoms with E-state index in [-0.39, 0.29) is 12.6 Å². The zero-order chi connectivity index (χ0) is 16.6. The Morgan fingerprint density at radius 1 is 1.14 bits per heavy atom. The van der Waals surface area contributed by atoms with Crippen LogP contribution in [0.25, 0.3) is 0 Å². The number of hydrogen-bond donors (Lipinski definition) is 5. The van der Waals surface area contributed by atoms with Crippen molar-refractivity contribution in [2.45, 2.75) is 38.4 Å². The van der Waals surface area contributed by atoms with E-state index in [1.807, 2.05) is 0 Å². The van der Waals surface area contributed by atoms with Crippen molar-refractivity contribution in [3.8, 4) is 0 Å². The summed E-state index contributed by atoms with van der Waals surface area (Å²) in [6.45, 7) is 2.69. The number of nitrogens with two attached hydrogens (primary N) is 1. The van der Waals surface area contributed by atoms with Crippen LogP contribution in [-0.2, 0) is 18.9 Å². The molecule has 6 N–H and O–H groups in total. The van der Waals surface area contributed by atoms with Gasteiger partial charge in [-0.1, -0.05) is 4.57 Å². The largest absolute Gasteiger partial charge is 0.480 e. The third-order valence-electron chi connectivity index (χ3n) is 2.67. The molecule has 0 aromatic heterocycles. The summed E-state index contributed by atoms with van der Waals surface area (Å²) in [6.07, 6.45) is -0.242. The number of amides is 2. The predicted molar refractivity (Wildman–Crippen MR) is 75.0 cm³/mol. The number of carboxylic acids is 1. The number of hydrogen-bond acceptors (Lipinski definition) is 6. The highest BCUT2D eigenvalue weighted by Gasteiger charge is 2.24. The second-order valence-electron chi connectivity index (χ2n) is 4.54. The van der Waals surface area contributed by atoms with Crippen molar-refractivity contribution in [3.05, 3.63) is 0 Å². The molecule has 10 heteroatoms. The number of nitrogens with one attached hydrogen (secondary N) is 2. The Morgan fingerprint density at radius 3 is 2.14 bits per heavy atom. The molecule has 0 spiro atoms. The lowest BCUT2D eigenvalue weighted by molar-refractivity contribution is -0.141. The van der Waals surface area contributed by atoms with E-state index in [4.69, 9.17) is 15.9 Å². The topological polar surface area (TPSA) is 159 Å². The Labute approximate surface area is 123 Å². The number of carbonyl (C=O) groups excluding carboxylic acids is 2. The van der Waals surface area contributed by atoms with Gasteiger partial charge in [0, 0.05) is 6.42 Å². The number of aliphatic carboxylic acids is 1. The van der Waals surface area contributed by atoms with Crippen LogP contribution in [0.5, 0.6) is 0 Å². The molecule has 4 atom stereocenters. The van der Waals surface area contributed by atoms with E-state index >= 15 is 0 Å². The van der Waals surface area contributed by atoms with Gasteiger partial charge in [0.2, 0.25) is 18.2 Å². The molecule has 1 unspecified atom stereocenters. The first kappa shape index (κ1) is 19.4. The van der Waals surface area contributed by atoms with Gasteiger partial charge in [0.1, 0.15) is 12.1 Å². The molecule has 0 rings (SSSR count). The summed E-state index contributed by atoms with van der Waals surface area (Å²) in [5, 5.41) is 21.8. The van der Waals surface area contributed by atoms with Crippen LogP contribution in [0.4, 0.5) is 0 Å².